The van der Waals surface area contributed by atoms with Crippen LogP contribution >= 0.6 is 0 Å². The summed E-state index contributed by atoms with van der Waals surface area (Å²) in [5.41, 5.74) is 3.13. The van der Waals surface area contributed by atoms with E-state index in [1.807, 2.05) is 72.8 Å². The summed E-state index contributed by atoms with van der Waals surface area (Å²) in [6.07, 6.45) is 0.271. The van der Waals surface area contributed by atoms with Gasteiger partial charge in [0.2, 0.25) is 11.8 Å². The van der Waals surface area contributed by atoms with E-state index in [-0.39, 0.29) is 29.7 Å². The van der Waals surface area contributed by atoms with Gasteiger partial charge in [-0.15, -0.1) is 0 Å². The molecule has 0 aromatic heterocycles. The predicted octanol–water partition coefficient (Wildman–Crippen LogP) is 5.39. The highest BCUT2D eigenvalue weighted by Gasteiger charge is 2.34. The molecule has 0 aliphatic heterocycles. The smallest absolute Gasteiger partial charge is 0.264 e. The molecule has 42 heavy (non-hydrogen) atoms. The Morgan fingerprint density at radius 1 is 0.738 bits per heavy atom. The molecule has 0 radical (unpaired) electrons. The number of hydrogen-bond donors (Lipinski definition) is 1. The number of anilines is 1. The molecule has 0 bridgehead atoms. The first-order chi connectivity index (χ1) is 20.2. The van der Waals surface area contributed by atoms with Crippen LogP contribution in [0.3, 0.4) is 0 Å². The molecule has 1 N–H and O–H groups in total. The number of carbonyl (C=O) groups excluding carboxylic acids is 2. The second-order valence-electron chi connectivity index (χ2n) is 10.4. The molecule has 4 aromatic rings. The molecule has 2 amide bonds. The van der Waals surface area contributed by atoms with Crippen LogP contribution in [0.1, 0.15) is 36.5 Å². The van der Waals surface area contributed by atoms with Gasteiger partial charge in [0.1, 0.15) is 12.6 Å². The molecule has 4 rings (SSSR count). The summed E-state index contributed by atoms with van der Waals surface area (Å²) < 4.78 is 29.1. The van der Waals surface area contributed by atoms with Crippen molar-refractivity contribution in [2.75, 3.05) is 17.9 Å². The monoisotopic (exact) mass is 583 g/mol. The average molecular weight is 584 g/mol. The van der Waals surface area contributed by atoms with Gasteiger partial charge in [0.05, 0.1) is 10.6 Å². The summed E-state index contributed by atoms with van der Waals surface area (Å²) in [7, 11) is -2.58. The lowest BCUT2D eigenvalue weighted by Gasteiger charge is -2.33. The van der Waals surface area contributed by atoms with E-state index in [0.717, 1.165) is 21.0 Å². The van der Waals surface area contributed by atoms with Crippen LogP contribution in [-0.2, 0) is 32.6 Å². The quantitative estimate of drug-likeness (QED) is 0.242. The zero-order chi connectivity index (χ0) is 30.1. The SMILES string of the molecule is CNC(=O)[C@@H](Cc1ccccc1)N(Cc1ccccc1)C(=O)CN(c1ccc(C(C)C)cc1)S(=O)(=O)c1ccccc1. The van der Waals surface area contributed by atoms with Gasteiger partial charge in [-0.05, 0) is 46.9 Å². The van der Waals surface area contributed by atoms with Gasteiger partial charge in [-0.2, -0.15) is 0 Å². The van der Waals surface area contributed by atoms with Crippen LogP contribution in [-0.4, -0.2) is 44.8 Å². The van der Waals surface area contributed by atoms with Crippen LogP contribution in [0.2, 0.25) is 0 Å². The van der Waals surface area contributed by atoms with Crippen molar-refractivity contribution in [3.63, 3.8) is 0 Å². The fourth-order valence-electron chi connectivity index (χ4n) is 4.77. The van der Waals surface area contributed by atoms with E-state index in [1.54, 1.807) is 30.3 Å². The van der Waals surface area contributed by atoms with Crippen LogP contribution in [0.15, 0.2) is 120 Å². The lowest BCUT2D eigenvalue weighted by Crippen LogP contribution is -2.53. The largest absolute Gasteiger partial charge is 0.357 e. The molecule has 8 heteroatoms. The van der Waals surface area contributed by atoms with Gasteiger partial charge in [-0.3, -0.25) is 13.9 Å². The van der Waals surface area contributed by atoms with E-state index in [4.69, 9.17) is 0 Å². The molecule has 0 saturated heterocycles. The van der Waals surface area contributed by atoms with E-state index in [0.29, 0.717) is 5.69 Å². The second-order valence-corrected chi connectivity index (χ2v) is 12.3. The molecule has 0 spiro atoms. The van der Waals surface area contributed by atoms with Crippen molar-refractivity contribution < 1.29 is 18.0 Å². The van der Waals surface area contributed by atoms with Gasteiger partial charge >= 0.3 is 0 Å². The van der Waals surface area contributed by atoms with Gasteiger partial charge in [-0.1, -0.05) is 105 Å². The van der Waals surface area contributed by atoms with Crippen LogP contribution in [0.25, 0.3) is 0 Å². The predicted molar refractivity (Wildman–Crippen MR) is 166 cm³/mol. The van der Waals surface area contributed by atoms with E-state index >= 15 is 0 Å². The third-order valence-electron chi connectivity index (χ3n) is 7.17. The number of benzene rings is 4. The molecule has 4 aromatic carbocycles. The molecule has 7 nitrogen and oxygen atoms in total. The molecular weight excluding hydrogens is 546 g/mol. The minimum Gasteiger partial charge on any atom is -0.357 e. The Morgan fingerprint density at radius 2 is 1.26 bits per heavy atom. The number of nitrogens with zero attached hydrogens (tertiary/aromatic N) is 2. The first-order valence-electron chi connectivity index (χ1n) is 14.0. The summed E-state index contributed by atoms with van der Waals surface area (Å²) in [6, 6.07) is 33.3. The Morgan fingerprint density at radius 3 is 1.79 bits per heavy atom. The maximum Gasteiger partial charge on any atom is 0.264 e. The second kappa shape index (κ2) is 14.0. The number of amides is 2. The standard InChI is InChI=1S/C34H37N3O4S/c1-26(2)29-19-21-30(22-20-29)37(42(40,41)31-17-11-6-12-18-31)25-33(38)36(24-28-15-9-5-10-16-28)32(34(39)35-3)23-27-13-7-4-8-14-27/h4-22,26,32H,23-25H2,1-3H3,(H,35,39)/t32-/m1/s1. The van der Waals surface area contributed by atoms with E-state index in [2.05, 4.69) is 19.2 Å². The molecular formula is C34H37N3O4S. The number of carbonyl (C=O) groups is 2. The highest BCUT2D eigenvalue weighted by atomic mass is 32.2. The highest BCUT2D eigenvalue weighted by Crippen LogP contribution is 2.27. The van der Waals surface area contributed by atoms with Crippen molar-refractivity contribution >= 4 is 27.5 Å². The van der Waals surface area contributed by atoms with Crippen molar-refractivity contribution in [3.05, 3.63) is 132 Å². The minimum atomic E-state index is -4.11. The fraction of sp³-hybridized carbons (Fsp3) is 0.235. The lowest BCUT2D eigenvalue weighted by atomic mass is 10.0. The molecule has 0 aliphatic rings. The van der Waals surface area contributed by atoms with Crippen LogP contribution in [0.5, 0.6) is 0 Å². The average Bonchev–Trinajstić information content (AvgIpc) is 3.02. The molecule has 0 heterocycles. The zero-order valence-electron chi connectivity index (χ0n) is 24.2. The summed E-state index contributed by atoms with van der Waals surface area (Å²) in [6.45, 7) is 3.78. The maximum atomic E-state index is 14.3. The van der Waals surface area contributed by atoms with Gasteiger partial charge < -0.3 is 10.2 Å². The normalized spacial score (nSPS) is 12.0. The summed E-state index contributed by atoms with van der Waals surface area (Å²) in [5, 5.41) is 2.70. The number of nitrogens with one attached hydrogen (secondary N) is 1. The van der Waals surface area contributed by atoms with Crippen molar-refractivity contribution in [1.82, 2.24) is 10.2 Å². The van der Waals surface area contributed by atoms with E-state index < -0.39 is 28.5 Å². The Kier molecular flexibility index (Phi) is 10.1. The van der Waals surface area contributed by atoms with Crippen molar-refractivity contribution in [3.8, 4) is 0 Å². The Bertz CT molecular complexity index is 1560. The topological polar surface area (TPSA) is 86.8 Å². The zero-order valence-corrected chi connectivity index (χ0v) is 25.0. The molecule has 0 saturated carbocycles. The molecule has 0 aliphatic carbocycles. The molecule has 1 atom stereocenters. The van der Waals surface area contributed by atoms with Gasteiger partial charge in [0.25, 0.3) is 10.0 Å². The lowest BCUT2D eigenvalue weighted by molar-refractivity contribution is -0.139. The Hall–Kier alpha value is -4.43. The van der Waals surface area contributed by atoms with Gasteiger partial charge in [-0.25, -0.2) is 8.42 Å². The van der Waals surface area contributed by atoms with Gasteiger partial charge in [0.15, 0.2) is 0 Å². The van der Waals surface area contributed by atoms with Crippen molar-refractivity contribution in [1.29, 1.82) is 0 Å². The third-order valence-corrected chi connectivity index (χ3v) is 8.96. The highest BCUT2D eigenvalue weighted by molar-refractivity contribution is 7.92. The first kappa shape index (κ1) is 30.5. The Labute approximate surface area is 248 Å². The minimum absolute atomic E-state index is 0.0764. The number of likely N-dealkylation sites (N-methyl/N-ethyl adjacent to an activating group) is 1. The molecule has 218 valence electrons. The first-order valence-corrected chi connectivity index (χ1v) is 15.4. The molecule has 0 fully saturated rings. The maximum absolute atomic E-state index is 14.3. The number of hydrogen-bond acceptors (Lipinski definition) is 4. The summed E-state index contributed by atoms with van der Waals surface area (Å²) in [5.74, 6) is -0.565. The van der Waals surface area contributed by atoms with Crippen LogP contribution < -0.4 is 9.62 Å². The number of sulfonamides is 1. The summed E-state index contributed by atoms with van der Waals surface area (Å²) in [4.78, 5) is 29.1. The Balaban J connectivity index is 1.77. The van der Waals surface area contributed by atoms with Crippen LogP contribution in [0, 0.1) is 0 Å². The van der Waals surface area contributed by atoms with Gasteiger partial charge in [0, 0.05) is 20.0 Å². The van der Waals surface area contributed by atoms with E-state index in [9.17, 15) is 18.0 Å². The van der Waals surface area contributed by atoms with Crippen molar-refractivity contribution in [2.24, 2.45) is 0 Å². The fourth-order valence-corrected chi connectivity index (χ4v) is 6.21. The number of rotatable bonds is 12. The van der Waals surface area contributed by atoms with E-state index in [1.165, 1.54) is 24.1 Å². The van der Waals surface area contributed by atoms with Crippen molar-refractivity contribution in [2.45, 2.75) is 43.7 Å². The molecule has 0 unspecified atom stereocenters. The van der Waals surface area contributed by atoms with Crippen LogP contribution in [0.4, 0.5) is 5.69 Å². The third kappa shape index (κ3) is 7.44. The summed E-state index contributed by atoms with van der Waals surface area (Å²) >= 11 is 0.